The summed E-state index contributed by atoms with van der Waals surface area (Å²) in [7, 11) is 1.27. The molecule has 2 rings (SSSR count). The SMILES string of the molecule is CCC(=O)O.COC(=O)C(C)Oc1ccc(Oc2ccc(C(F)(F)F)cc2)cc1. The van der Waals surface area contributed by atoms with Crippen molar-refractivity contribution in [1.29, 1.82) is 0 Å². The number of carbonyl (C=O) groups excluding carboxylic acids is 1. The van der Waals surface area contributed by atoms with E-state index >= 15 is 0 Å². The molecular formula is C20H21F3O6. The first kappa shape index (κ1) is 23.8. The quantitative estimate of drug-likeness (QED) is 0.676. The Labute approximate surface area is 165 Å². The summed E-state index contributed by atoms with van der Waals surface area (Å²) in [6, 6.07) is 10.7. The van der Waals surface area contributed by atoms with Gasteiger partial charge in [0.1, 0.15) is 17.2 Å². The number of carboxylic acids is 1. The summed E-state index contributed by atoms with van der Waals surface area (Å²) < 4.78 is 52.9. The van der Waals surface area contributed by atoms with Gasteiger partial charge in [-0.05, 0) is 55.5 Å². The van der Waals surface area contributed by atoms with Crippen LogP contribution in [-0.4, -0.2) is 30.3 Å². The summed E-state index contributed by atoms with van der Waals surface area (Å²) in [5, 5.41) is 7.72. The smallest absolute Gasteiger partial charge is 0.416 e. The van der Waals surface area contributed by atoms with Crippen LogP contribution in [0, 0.1) is 0 Å². The minimum Gasteiger partial charge on any atom is -0.481 e. The van der Waals surface area contributed by atoms with Crippen LogP contribution in [0.4, 0.5) is 13.2 Å². The van der Waals surface area contributed by atoms with Gasteiger partial charge in [0.15, 0.2) is 6.10 Å². The lowest BCUT2D eigenvalue weighted by molar-refractivity contribution is -0.148. The van der Waals surface area contributed by atoms with Crippen molar-refractivity contribution < 1.29 is 42.1 Å². The summed E-state index contributed by atoms with van der Waals surface area (Å²) in [6.45, 7) is 3.15. The van der Waals surface area contributed by atoms with E-state index in [0.717, 1.165) is 12.1 Å². The number of hydrogen-bond donors (Lipinski definition) is 1. The third kappa shape index (κ3) is 8.54. The highest BCUT2D eigenvalue weighted by atomic mass is 19.4. The van der Waals surface area contributed by atoms with Crippen molar-refractivity contribution in [3.8, 4) is 17.2 Å². The maximum atomic E-state index is 12.5. The van der Waals surface area contributed by atoms with Crippen LogP contribution in [0.3, 0.4) is 0 Å². The predicted octanol–water partition coefficient (Wildman–Crippen LogP) is 4.92. The molecule has 6 nitrogen and oxygen atoms in total. The number of esters is 1. The monoisotopic (exact) mass is 414 g/mol. The van der Waals surface area contributed by atoms with E-state index in [-0.39, 0.29) is 12.2 Å². The molecule has 0 saturated carbocycles. The van der Waals surface area contributed by atoms with Crippen LogP contribution in [0.25, 0.3) is 0 Å². The molecule has 2 aromatic rings. The summed E-state index contributed by atoms with van der Waals surface area (Å²) in [6.07, 6.45) is -4.91. The molecule has 1 atom stereocenters. The second-order valence-electron chi connectivity index (χ2n) is 5.63. The molecule has 158 valence electrons. The molecule has 0 amide bonds. The number of hydrogen-bond acceptors (Lipinski definition) is 5. The fourth-order valence-corrected chi connectivity index (χ4v) is 1.85. The first-order chi connectivity index (χ1) is 13.6. The van der Waals surface area contributed by atoms with Crippen LogP contribution < -0.4 is 9.47 Å². The molecule has 0 heterocycles. The number of methoxy groups -OCH3 is 1. The number of alkyl halides is 3. The lowest BCUT2D eigenvalue weighted by Gasteiger charge is -2.13. The zero-order valence-electron chi connectivity index (χ0n) is 16.0. The summed E-state index contributed by atoms with van der Waals surface area (Å²) in [4.78, 5) is 20.6. The number of carboxylic acid groups (broad SMARTS) is 1. The Morgan fingerprint density at radius 2 is 1.38 bits per heavy atom. The van der Waals surface area contributed by atoms with Gasteiger partial charge >= 0.3 is 18.1 Å². The number of halogens is 3. The van der Waals surface area contributed by atoms with Gasteiger partial charge in [0, 0.05) is 6.42 Å². The predicted molar refractivity (Wildman–Crippen MR) is 98.0 cm³/mol. The molecule has 0 spiro atoms. The molecule has 1 N–H and O–H groups in total. The second-order valence-corrected chi connectivity index (χ2v) is 5.63. The Kier molecular flexibility index (Phi) is 8.98. The van der Waals surface area contributed by atoms with Crippen LogP contribution in [0.15, 0.2) is 48.5 Å². The van der Waals surface area contributed by atoms with E-state index in [9.17, 15) is 22.8 Å². The summed E-state index contributed by atoms with van der Waals surface area (Å²) in [5.41, 5.74) is -0.740. The summed E-state index contributed by atoms with van der Waals surface area (Å²) in [5.74, 6) is -0.106. The van der Waals surface area contributed by atoms with Gasteiger partial charge in [-0.2, -0.15) is 13.2 Å². The third-order valence-corrected chi connectivity index (χ3v) is 3.39. The number of ether oxygens (including phenoxy) is 3. The highest BCUT2D eigenvalue weighted by Gasteiger charge is 2.30. The van der Waals surface area contributed by atoms with Crippen LogP contribution >= 0.6 is 0 Å². The van der Waals surface area contributed by atoms with Crippen LogP contribution in [0.2, 0.25) is 0 Å². The Hall–Kier alpha value is -3.23. The molecule has 0 radical (unpaired) electrons. The van der Waals surface area contributed by atoms with E-state index in [1.807, 2.05) is 0 Å². The number of carbonyl (C=O) groups is 2. The van der Waals surface area contributed by atoms with E-state index in [4.69, 9.17) is 14.6 Å². The second kappa shape index (κ2) is 10.9. The summed E-state index contributed by atoms with van der Waals surface area (Å²) >= 11 is 0. The van der Waals surface area contributed by atoms with Crippen molar-refractivity contribution in [2.75, 3.05) is 7.11 Å². The van der Waals surface area contributed by atoms with Crippen LogP contribution in [0.1, 0.15) is 25.8 Å². The van der Waals surface area contributed by atoms with Crippen molar-refractivity contribution >= 4 is 11.9 Å². The highest BCUT2D eigenvalue weighted by molar-refractivity contribution is 5.74. The van der Waals surface area contributed by atoms with Crippen molar-refractivity contribution in [2.45, 2.75) is 32.5 Å². The molecule has 0 aliphatic carbocycles. The normalized spacial score (nSPS) is 11.5. The average Bonchev–Trinajstić information content (AvgIpc) is 2.69. The van der Waals surface area contributed by atoms with Gasteiger partial charge in [-0.3, -0.25) is 4.79 Å². The van der Waals surface area contributed by atoms with Crippen molar-refractivity contribution in [3.63, 3.8) is 0 Å². The van der Waals surface area contributed by atoms with Crippen LogP contribution in [-0.2, 0) is 20.5 Å². The van der Waals surface area contributed by atoms with Crippen molar-refractivity contribution in [3.05, 3.63) is 54.1 Å². The van der Waals surface area contributed by atoms with Gasteiger partial charge in [0.2, 0.25) is 0 Å². The van der Waals surface area contributed by atoms with Gasteiger partial charge in [0.05, 0.1) is 12.7 Å². The molecule has 1 unspecified atom stereocenters. The average molecular weight is 414 g/mol. The molecule has 0 aromatic heterocycles. The molecule has 0 aliphatic rings. The standard InChI is InChI=1S/C17H15F3O4.C3H6O2/c1-11(16(21)22-2)23-13-7-9-15(10-8-13)24-14-5-3-12(4-6-14)17(18,19)20;1-2-3(4)5/h3-11H,1-2H3;2H2,1H3,(H,4,5). The minimum absolute atomic E-state index is 0.222. The van der Waals surface area contributed by atoms with Gasteiger partial charge < -0.3 is 19.3 Å². The van der Waals surface area contributed by atoms with Gasteiger partial charge in [-0.25, -0.2) is 4.79 Å². The molecule has 29 heavy (non-hydrogen) atoms. The van der Waals surface area contributed by atoms with E-state index in [0.29, 0.717) is 11.5 Å². The molecule has 0 aliphatic heterocycles. The molecule has 0 saturated heterocycles. The molecule has 0 bridgehead atoms. The Morgan fingerprint density at radius 1 is 0.966 bits per heavy atom. The van der Waals surface area contributed by atoms with E-state index < -0.39 is 29.8 Å². The van der Waals surface area contributed by atoms with Crippen LogP contribution in [0.5, 0.6) is 17.2 Å². The third-order valence-electron chi connectivity index (χ3n) is 3.39. The van der Waals surface area contributed by atoms with Gasteiger partial charge in [-0.1, -0.05) is 6.92 Å². The van der Waals surface area contributed by atoms with Gasteiger partial charge in [-0.15, -0.1) is 0 Å². The Morgan fingerprint density at radius 3 is 1.76 bits per heavy atom. The Bertz CT molecular complexity index is 785. The fraction of sp³-hybridized carbons (Fsp3) is 0.300. The Balaban J connectivity index is 0.000000749. The first-order valence-electron chi connectivity index (χ1n) is 8.48. The van der Waals surface area contributed by atoms with E-state index in [2.05, 4.69) is 4.74 Å². The highest BCUT2D eigenvalue weighted by Crippen LogP contribution is 2.31. The zero-order chi connectivity index (χ0) is 22.0. The lowest BCUT2D eigenvalue weighted by atomic mass is 10.2. The molecule has 0 fully saturated rings. The minimum atomic E-state index is -4.38. The van der Waals surface area contributed by atoms with Crippen molar-refractivity contribution in [1.82, 2.24) is 0 Å². The van der Waals surface area contributed by atoms with E-state index in [1.165, 1.54) is 19.2 Å². The number of benzene rings is 2. The largest absolute Gasteiger partial charge is 0.481 e. The number of rotatable bonds is 6. The zero-order valence-corrected chi connectivity index (χ0v) is 16.0. The number of aliphatic carboxylic acids is 1. The van der Waals surface area contributed by atoms with Crippen molar-refractivity contribution in [2.24, 2.45) is 0 Å². The van der Waals surface area contributed by atoms with E-state index in [1.54, 1.807) is 38.1 Å². The molecule has 9 heteroatoms. The first-order valence-corrected chi connectivity index (χ1v) is 8.48. The fourth-order valence-electron chi connectivity index (χ4n) is 1.85. The topological polar surface area (TPSA) is 82.1 Å². The molecular weight excluding hydrogens is 393 g/mol. The maximum Gasteiger partial charge on any atom is 0.416 e. The maximum absolute atomic E-state index is 12.5. The lowest BCUT2D eigenvalue weighted by Crippen LogP contribution is -2.24. The van der Waals surface area contributed by atoms with Gasteiger partial charge in [0.25, 0.3) is 0 Å². The molecule has 2 aromatic carbocycles.